The molecule has 1 amide bonds. The van der Waals surface area contributed by atoms with Crippen molar-refractivity contribution in [3.63, 3.8) is 0 Å². The summed E-state index contributed by atoms with van der Waals surface area (Å²) in [6.45, 7) is 1.72. The van der Waals surface area contributed by atoms with Crippen molar-refractivity contribution in [3.8, 4) is 0 Å². The molecule has 92 valence electrons. The summed E-state index contributed by atoms with van der Waals surface area (Å²) in [4.78, 5) is 11.7. The molecule has 0 saturated heterocycles. The Labute approximate surface area is 109 Å². The molecule has 0 bridgehead atoms. The molecule has 5 heteroatoms. The zero-order valence-electron chi connectivity index (χ0n) is 9.68. The van der Waals surface area contributed by atoms with E-state index in [2.05, 4.69) is 10.5 Å². The van der Waals surface area contributed by atoms with E-state index in [1.54, 1.807) is 43.5 Å². The van der Waals surface area contributed by atoms with Gasteiger partial charge in [0.2, 0.25) is 0 Å². The first-order valence-corrected chi connectivity index (χ1v) is 5.67. The summed E-state index contributed by atoms with van der Waals surface area (Å²) in [6.07, 6.45) is 3.01. The van der Waals surface area contributed by atoms with Gasteiger partial charge in [-0.3, -0.25) is 4.79 Å². The first-order valence-electron chi connectivity index (χ1n) is 5.30. The molecule has 0 radical (unpaired) electrons. The highest BCUT2D eigenvalue weighted by Crippen LogP contribution is 2.09. The van der Waals surface area contributed by atoms with Gasteiger partial charge in [0.25, 0.3) is 5.91 Å². The van der Waals surface area contributed by atoms with Gasteiger partial charge in [0.1, 0.15) is 5.76 Å². The fourth-order valence-corrected chi connectivity index (χ4v) is 1.52. The van der Waals surface area contributed by atoms with Crippen LogP contribution in [0.2, 0.25) is 5.02 Å². The van der Waals surface area contributed by atoms with Gasteiger partial charge in [-0.25, -0.2) is 5.43 Å². The van der Waals surface area contributed by atoms with Crippen molar-refractivity contribution in [1.82, 2.24) is 5.43 Å². The molecule has 0 fully saturated rings. The monoisotopic (exact) mass is 262 g/mol. The second-order valence-electron chi connectivity index (χ2n) is 3.64. The molecule has 1 heterocycles. The van der Waals surface area contributed by atoms with E-state index >= 15 is 0 Å². The van der Waals surface area contributed by atoms with Crippen molar-refractivity contribution in [2.75, 3.05) is 0 Å². The molecule has 0 spiro atoms. The maximum Gasteiger partial charge on any atom is 0.274 e. The number of rotatable bonds is 3. The van der Waals surface area contributed by atoms with Crippen LogP contribution in [0.3, 0.4) is 0 Å². The van der Waals surface area contributed by atoms with E-state index in [1.807, 2.05) is 0 Å². The van der Waals surface area contributed by atoms with Gasteiger partial charge in [0, 0.05) is 5.02 Å². The Bertz CT molecular complexity index is 573. The maximum absolute atomic E-state index is 11.7. The number of benzene rings is 1. The predicted molar refractivity (Wildman–Crippen MR) is 70.0 cm³/mol. The predicted octanol–water partition coefficient (Wildman–Crippen LogP) is 3.01. The summed E-state index contributed by atoms with van der Waals surface area (Å²) in [5, 5.41) is 4.52. The summed E-state index contributed by atoms with van der Waals surface area (Å²) in [6, 6.07) is 8.72. The van der Waals surface area contributed by atoms with Crippen LogP contribution in [0, 0.1) is 6.92 Å². The Morgan fingerprint density at radius 3 is 2.67 bits per heavy atom. The quantitative estimate of drug-likeness (QED) is 0.683. The molecule has 1 aromatic carbocycles. The third-order valence-electron chi connectivity index (χ3n) is 2.35. The van der Waals surface area contributed by atoms with Crippen LogP contribution < -0.4 is 5.43 Å². The van der Waals surface area contributed by atoms with Gasteiger partial charge in [0.15, 0.2) is 0 Å². The summed E-state index contributed by atoms with van der Waals surface area (Å²) in [7, 11) is 0. The highest BCUT2D eigenvalue weighted by molar-refractivity contribution is 6.30. The number of hydrazone groups is 1. The normalized spacial score (nSPS) is 10.8. The van der Waals surface area contributed by atoms with E-state index in [-0.39, 0.29) is 5.91 Å². The third-order valence-corrected chi connectivity index (χ3v) is 2.61. The highest BCUT2D eigenvalue weighted by Gasteiger charge is 2.09. The Morgan fingerprint density at radius 1 is 1.33 bits per heavy atom. The van der Waals surface area contributed by atoms with Gasteiger partial charge in [-0.15, -0.1) is 0 Å². The van der Waals surface area contributed by atoms with Gasteiger partial charge >= 0.3 is 0 Å². The van der Waals surface area contributed by atoms with Crippen LogP contribution in [-0.2, 0) is 0 Å². The molecule has 0 unspecified atom stereocenters. The van der Waals surface area contributed by atoms with E-state index < -0.39 is 0 Å². The fraction of sp³-hybridized carbons (Fsp3) is 0.0769. The first kappa shape index (κ1) is 12.4. The lowest BCUT2D eigenvalue weighted by molar-refractivity contribution is 0.0953. The minimum absolute atomic E-state index is 0.300. The number of carbonyl (C=O) groups is 1. The molecule has 0 aliphatic carbocycles. The standard InChI is InChI=1S/C13H11ClN2O2/c1-9-12(6-7-18-9)13(17)16-15-8-10-2-4-11(14)5-3-10/h2-8H,1H3,(H,16,17)/b15-8+. The molecule has 0 aliphatic heterocycles. The van der Waals surface area contributed by atoms with Crippen LogP contribution in [0.1, 0.15) is 21.7 Å². The molecular formula is C13H11ClN2O2. The topological polar surface area (TPSA) is 54.6 Å². The molecule has 1 N–H and O–H groups in total. The second kappa shape index (κ2) is 5.51. The van der Waals surface area contributed by atoms with Gasteiger partial charge < -0.3 is 4.42 Å². The number of nitrogens with zero attached hydrogens (tertiary/aromatic N) is 1. The van der Waals surface area contributed by atoms with Crippen molar-refractivity contribution in [1.29, 1.82) is 0 Å². The lowest BCUT2D eigenvalue weighted by Crippen LogP contribution is -2.17. The van der Waals surface area contributed by atoms with Gasteiger partial charge in [-0.2, -0.15) is 5.10 Å². The molecule has 0 aliphatic rings. The van der Waals surface area contributed by atoms with Crippen molar-refractivity contribution in [3.05, 3.63) is 58.5 Å². The van der Waals surface area contributed by atoms with Gasteiger partial charge in [-0.1, -0.05) is 23.7 Å². The number of hydrogen-bond donors (Lipinski definition) is 1. The van der Waals surface area contributed by atoms with Crippen LogP contribution in [0.5, 0.6) is 0 Å². The molecule has 2 aromatic rings. The summed E-state index contributed by atoms with van der Waals surface area (Å²) < 4.78 is 5.04. The number of nitrogens with one attached hydrogen (secondary N) is 1. The number of hydrogen-bond acceptors (Lipinski definition) is 3. The Morgan fingerprint density at radius 2 is 2.06 bits per heavy atom. The molecule has 1 aromatic heterocycles. The molecule has 0 atom stereocenters. The molecule has 4 nitrogen and oxygen atoms in total. The number of furan rings is 1. The van der Waals surface area contributed by atoms with E-state index in [9.17, 15) is 4.79 Å². The van der Waals surface area contributed by atoms with Crippen LogP contribution in [0.15, 0.2) is 46.1 Å². The molecule has 2 rings (SSSR count). The number of amides is 1. The van der Waals surface area contributed by atoms with Crippen LogP contribution in [-0.4, -0.2) is 12.1 Å². The number of aryl methyl sites for hydroxylation is 1. The minimum Gasteiger partial charge on any atom is -0.469 e. The smallest absolute Gasteiger partial charge is 0.274 e. The Balaban J connectivity index is 1.98. The van der Waals surface area contributed by atoms with E-state index in [0.29, 0.717) is 16.3 Å². The lowest BCUT2D eigenvalue weighted by Gasteiger charge is -1.97. The minimum atomic E-state index is -0.300. The van der Waals surface area contributed by atoms with E-state index in [1.165, 1.54) is 6.26 Å². The summed E-state index contributed by atoms with van der Waals surface area (Å²) in [5.74, 6) is 0.264. The SMILES string of the molecule is Cc1occc1C(=O)N/N=C/c1ccc(Cl)cc1. The largest absolute Gasteiger partial charge is 0.469 e. The van der Waals surface area contributed by atoms with E-state index in [4.69, 9.17) is 16.0 Å². The zero-order valence-corrected chi connectivity index (χ0v) is 10.4. The first-order chi connectivity index (χ1) is 8.66. The van der Waals surface area contributed by atoms with Crippen molar-refractivity contribution in [2.24, 2.45) is 5.10 Å². The number of carbonyl (C=O) groups excluding carboxylic acids is 1. The van der Waals surface area contributed by atoms with Crippen LogP contribution in [0.4, 0.5) is 0 Å². The van der Waals surface area contributed by atoms with Crippen molar-refractivity contribution >= 4 is 23.7 Å². The average molecular weight is 263 g/mol. The number of halogens is 1. The van der Waals surface area contributed by atoms with E-state index in [0.717, 1.165) is 5.56 Å². The second-order valence-corrected chi connectivity index (χ2v) is 4.08. The Kier molecular flexibility index (Phi) is 3.79. The maximum atomic E-state index is 11.7. The van der Waals surface area contributed by atoms with Crippen LogP contribution in [0.25, 0.3) is 0 Å². The lowest BCUT2D eigenvalue weighted by atomic mass is 10.2. The van der Waals surface area contributed by atoms with Crippen molar-refractivity contribution in [2.45, 2.75) is 6.92 Å². The third kappa shape index (κ3) is 2.99. The Hall–Kier alpha value is -2.07. The highest BCUT2D eigenvalue weighted by atomic mass is 35.5. The van der Waals surface area contributed by atoms with Crippen LogP contribution >= 0.6 is 11.6 Å². The zero-order chi connectivity index (χ0) is 13.0. The molecular weight excluding hydrogens is 252 g/mol. The van der Waals surface area contributed by atoms with Gasteiger partial charge in [-0.05, 0) is 30.7 Å². The summed E-state index contributed by atoms with van der Waals surface area (Å²) >= 11 is 5.76. The molecule has 0 saturated carbocycles. The summed E-state index contributed by atoms with van der Waals surface area (Å²) in [5.41, 5.74) is 3.75. The fourth-order valence-electron chi connectivity index (χ4n) is 1.40. The average Bonchev–Trinajstić information content (AvgIpc) is 2.78. The molecule has 18 heavy (non-hydrogen) atoms. The van der Waals surface area contributed by atoms with Gasteiger partial charge in [0.05, 0.1) is 18.0 Å². The van der Waals surface area contributed by atoms with Crippen molar-refractivity contribution < 1.29 is 9.21 Å².